The van der Waals surface area contributed by atoms with Crippen LogP contribution >= 0.6 is 0 Å². The fourth-order valence-electron chi connectivity index (χ4n) is 2.24. The number of hydrogen-bond acceptors (Lipinski definition) is 1. The van der Waals surface area contributed by atoms with E-state index in [9.17, 15) is 18.0 Å². The van der Waals surface area contributed by atoms with Crippen molar-refractivity contribution in [1.82, 2.24) is 10.6 Å². The molecule has 0 aliphatic rings. The normalized spacial score (nSPS) is 11.2. The minimum Gasteiger partial charge on any atom is -0.338 e. The lowest BCUT2D eigenvalue weighted by Gasteiger charge is -2.10. The average Bonchev–Trinajstić information content (AvgIpc) is 2.52. The van der Waals surface area contributed by atoms with Crippen molar-refractivity contribution in [1.29, 1.82) is 0 Å². The molecule has 0 fully saturated rings. The highest BCUT2D eigenvalue weighted by Crippen LogP contribution is 2.28. The number of rotatable bonds is 5. The number of aryl methyl sites for hydroxylation is 1. The second kappa shape index (κ2) is 7.86. The Balaban J connectivity index is 1.73. The van der Waals surface area contributed by atoms with Crippen molar-refractivity contribution < 1.29 is 18.0 Å². The van der Waals surface area contributed by atoms with Gasteiger partial charge in [0.15, 0.2) is 0 Å². The van der Waals surface area contributed by atoms with Crippen molar-refractivity contribution in [3.8, 4) is 0 Å². The number of urea groups is 1. The Morgan fingerprint density at radius 1 is 1.00 bits per heavy atom. The first kappa shape index (κ1) is 17.8. The molecule has 0 atom stereocenters. The van der Waals surface area contributed by atoms with E-state index in [1.165, 1.54) is 17.7 Å². The Labute approximate surface area is 138 Å². The number of nitrogens with one attached hydrogen (secondary N) is 2. The Morgan fingerprint density at radius 3 is 2.33 bits per heavy atom. The van der Waals surface area contributed by atoms with Gasteiger partial charge < -0.3 is 10.6 Å². The van der Waals surface area contributed by atoms with Crippen LogP contribution in [0.5, 0.6) is 0 Å². The summed E-state index contributed by atoms with van der Waals surface area (Å²) in [6.45, 7) is 2.67. The predicted octanol–water partition coefficient (Wildman–Crippen LogP) is 4.06. The first-order valence-corrected chi connectivity index (χ1v) is 7.58. The van der Waals surface area contributed by atoms with Gasteiger partial charge in [0.1, 0.15) is 0 Å². The molecule has 0 aliphatic heterocycles. The van der Waals surface area contributed by atoms with Crippen LogP contribution in [0.25, 0.3) is 0 Å². The molecule has 0 aliphatic carbocycles. The Morgan fingerprint density at radius 2 is 1.71 bits per heavy atom. The van der Waals surface area contributed by atoms with Crippen LogP contribution in [-0.2, 0) is 19.1 Å². The third-order valence-electron chi connectivity index (χ3n) is 3.52. The lowest BCUT2D eigenvalue weighted by atomic mass is 10.1. The summed E-state index contributed by atoms with van der Waals surface area (Å²) in [5.41, 5.74) is 2.21. The van der Waals surface area contributed by atoms with E-state index in [2.05, 4.69) is 16.7 Å². The summed E-state index contributed by atoms with van der Waals surface area (Å²) in [5, 5.41) is 5.35. The molecule has 0 heterocycles. The summed E-state index contributed by atoms with van der Waals surface area (Å²) in [4.78, 5) is 11.7. The summed E-state index contributed by atoms with van der Waals surface area (Å²) in [6.07, 6.45) is -3.63. The molecule has 2 rings (SSSR count). The van der Waals surface area contributed by atoms with E-state index >= 15 is 0 Å². The minimum absolute atomic E-state index is 0.175. The summed E-state index contributed by atoms with van der Waals surface area (Å²) in [7, 11) is 0. The molecule has 2 aromatic carbocycles. The molecular formula is C18H19F3N2O. The molecular weight excluding hydrogens is 317 g/mol. The van der Waals surface area contributed by atoms with Crippen molar-refractivity contribution in [2.45, 2.75) is 26.1 Å². The van der Waals surface area contributed by atoms with E-state index in [0.717, 1.165) is 24.1 Å². The van der Waals surface area contributed by atoms with Crippen LogP contribution in [0.2, 0.25) is 0 Å². The number of alkyl halides is 3. The van der Waals surface area contributed by atoms with Gasteiger partial charge in [-0.05, 0) is 36.6 Å². The number of hydrogen-bond donors (Lipinski definition) is 2. The fraction of sp³-hybridized carbons (Fsp3) is 0.278. The molecule has 2 aromatic rings. The quantitative estimate of drug-likeness (QED) is 0.849. The predicted molar refractivity (Wildman–Crippen MR) is 86.6 cm³/mol. The van der Waals surface area contributed by atoms with E-state index in [4.69, 9.17) is 0 Å². The SMILES string of the molecule is Cc1cccc(CCNC(=O)NCc2ccc(C(F)(F)F)cc2)c1. The minimum atomic E-state index is -4.35. The van der Waals surface area contributed by atoms with Gasteiger partial charge in [-0.3, -0.25) is 0 Å². The van der Waals surface area contributed by atoms with Crippen LogP contribution in [0.4, 0.5) is 18.0 Å². The lowest BCUT2D eigenvalue weighted by molar-refractivity contribution is -0.137. The van der Waals surface area contributed by atoms with Crippen molar-refractivity contribution in [3.05, 3.63) is 70.8 Å². The molecule has 6 heteroatoms. The van der Waals surface area contributed by atoms with Crippen LogP contribution < -0.4 is 10.6 Å². The van der Waals surface area contributed by atoms with Gasteiger partial charge in [0.05, 0.1) is 5.56 Å². The highest BCUT2D eigenvalue weighted by atomic mass is 19.4. The Hall–Kier alpha value is -2.50. The smallest absolute Gasteiger partial charge is 0.338 e. The summed E-state index contributed by atoms with van der Waals surface area (Å²) >= 11 is 0. The number of amides is 2. The second-order valence-corrected chi connectivity index (χ2v) is 5.54. The van der Waals surface area contributed by atoms with Gasteiger partial charge in [0.25, 0.3) is 0 Å². The van der Waals surface area contributed by atoms with E-state index in [0.29, 0.717) is 12.1 Å². The molecule has 0 bridgehead atoms. The number of carbonyl (C=O) groups excluding carboxylic acids is 1. The summed E-state index contributed by atoms with van der Waals surface area (Å²) in [6, 6.07) is 12.4. The molecule has 2 N–H and O–H groups in total. The van der Waals surface area contributed by atoms with Crippen molar-refractivity contribution in [3.63, 3.8) is 0 Å². The molecule has 128 valence electrons. The topological polar surface area (TPSA) is 41.1 Å². The zero-order valence-electron chi connectivity index (χ0n) is 13.3. The zero-order chi connectivity index (χ0) is 17.6. The van der Waals surface area contributed by atoms with Crippen LogP contribution in [0.3, 0.4) is 0 Å². The van der Waals surface area contributed by atoms with Gasteiger partial charge in [-0.1, -0.05) is 42.0 Å². The van der Waals surface area contributed by atoms with Crippen molar-refractivity contribution in [2.75, 3.05) is 6.54 Å². The van der Waals surface area contributed by atoms with Crippen LogP contribution in [0.15, 0.2) is 48.5 Å². The van der Waals surface area contributed by atoms with Crippen LogP contribution in [-0.4, -0.2) is 12.6 Å². The lowest BCUT2D eigenvalue weighted by Crippen LogP contribution is -2.36. The number of carbonyl (C=O) groups is 1. The standard InChI is InChI=1S/C18H19F3N2O/c1-13-3-2-4-14(11-13)9-10-22-17(24)23-12-15-5-7-16(8-6-15)18(19,20)21/h2-8,11H,9-10,12H2,1H3,(H2,22,23,24). The number of halogens is 3. The molecule has 0 unspecified atom stereocenters. The first-order valence-electron chi connectivity index (χ1n) is 7.58. The molecule has 0 aromatic heterocycles. The maximum Gasteiger partial charge on any atom is 0.416 e. The Bertz CT molecular complexity index is 681. The molecule has 2 amide bonds. The van der Waals surface area contributed by atoms with Gasteiger partial charge >= 0.3 is 12.2 Å². The number of benzene rings is 2. The average molecular weight is 336 g/mol. The first-order chi connectivity index (χ1) is 11.3. The van der Waals surface area contributed by atoms with Crippen LogP contribution in [0, 0.1) is 6.92 Å². The van der Waals surface area contributed by atoms with Crippen molar-refractivity contribution in [2.24, 2.45) is 0 Å². The molecule has 0 saturated heterocycles. The van der Waals surface area contributed by atoms with Crippen molar-refractivity contribution >= 4 is 6.03 Å². The molecule has 0 radical (unpaired) electrons. The second-order valence-electron chi connectivity index (χ2n) is 5.54. The molecule has 0 spiro atoms. The fourth-order valence-corrected chi connectivity index (χ4v) is 2.24. The Kier molecular flexibility index (Phi) is 5.84. The van der Waals surface area contributed by atoms with E-state index in [1.54, 1.807) is 0 Å². The molecule has 0 saturated carbocycles. The van der Waals surface area contributed by atoms with Gasteiger partial charge in [0.2, 0.25) is 0 Å². The zero-order valence-corrected chi connectivity index (χ0v) is 13.3. The maximum atomic E-state index is 12.5. The summed E-state index contributed by atoms with van der Waals surface area (Å²) in [5.74, 6) is 0. The highest BCUT2D eigenvalue weighted by molar-refractivity contribution is 5.73. The van der Waals surface area contributed by atoms with E-state index in [-0.39, 0.29) is 12.6 Å². The monoisotopic (exact) mass is 336 g/mol. The van der Waals surface area contributed by atoms with Gasteiger partial charge in [-0.25, -0.2) is 4.79 Å². The van der Waals surface area contributed by atoms with Gasteiger partial charge in [0, 0.05) is 13.1 Å². The summed E-state index contributed by atoms with van der Waals surface area (Å²) < 4.78 is 37.4. The molecule has 3 nitrogen and oxygen atoms in total. The van der Waals surface area contributed by atoms with Crippen LogP contribution in [0.1, 0.15) is 22.3 Å². The van der Waals surface area contributed by atoms with E-state index in [1.807, 2.05) is 25.1 Å². The molecule has 24 heavy (non-hydrogen) atoms. The third-order valence-corrected chi connectivity index (χ3v) is 3.52. The van der Waals surface area contributed by atoms with E-state index < -0.39 is 11.7 Å². The third kappa shape index (κ3) is 5.61. The van der Waals surface area contributed by atoms with Gasteiger partial charge in [-0.2, -0.15) is 13.2 Å². The largest absolute Gasteiger partial charge is 0.416 e. The van der Waals surface area contributed by atoms with Gasteiger partial charge in [-0.15, -0.1) is 0 Å². The maximum absolute atomic E-state index is 12.5. The highest BCUT2D eigenvalue weighted by Gasteiger charge is 2.29.